The topological polar surface area (TPSA) is 56.9 Å². The van der Waals surface area contributed by atoms with Gasteiger partial charge in [0.1, 0.15) is 0 Å². The van der Waals surface area contributed by atoms with E-state index in [9.17, 15) is 5.11 Å². The highest BCUT2D eigenvalue weighted by Crippen LogP contribution is 2.24. The highest BCUT2D eigenvalue weighted by atomic mass is 32.2. The van der Waals surface area contributed by atoms with Crippen molar-refractivity contribution < 1.29 is 5.11 Å². The molecule has 1 rings (SSSR count). The first-order chi connectivity index (χ1) is 7.02. The van der Waals surface area contributed by atoms with E-state index in [4.69, 9.17) is 5.26 Å². The predicted molar refractivity (Wildman–Crippen MR) is 60.7 cm³/mol. The molecule has 4 heteroatoms. The minimum Gasteiger partial charge on any atom is -0.392 e. The number of aliphatic hydroxyl groups excluding tert-OH is 1. The molecule has 15 heavy (non-hydrogen) atoms. The Hall–Kier alpha value is -1.05. The van der Waals surface area contributed by atoms with Crippen LogP contribution in [0, 0.1) is 18.3 Å². The van der Waals surface area contributed by atoms with E-state index in [2.05, 4.69) is 11.1 Å². The summed E-state index contributed by atoms with van der Waals surface area (Å²) in [5.74, 6) is 0. The lowest BCUT2D eigenvalue weighted by Gasteiger charge is -2.13. The van der Waals surface area contributed by atoms with Crippen molar-refractivity contribution in [3.63, 3.8) is 0 Å². The molecule has 0 aliphatic rings. The zero-order valence-electron chi connectivity index (χ0n) is 9.06. The van der Waals surface area contributed by atoms with Crippen molar-refractivity contribution in [1.29, 1.82) is 5.26 Å². The zero-order valence-corrected chi connectivity index (χ0v) is 9.88. The van der Waals surface area contributed by atoms with E-state index in [1.165, 1.54) is 11.8 Å². The summed E-state index contributed by atoms with van der Waals surface area (Å²) in [4.78, 5) is 4.30. The van der Waals surface area contributed by atoms with Gasteiger partial charge in [0.2, 0.25) is 0 Å². The number of nitrogens with zero attached hydrogens (tertiary/aromatic N) is 2. The van der Waals surface area contributed by atoms with E-state index >= 15 is 0 Å². The fourth-order valence-corrected chi connectivity index (χ4v) is 2.02. The molecule has 0 aliphatic carbocycles. The Kier molecular flexibility index (Phi) is 4.13. The van der Waals surface area contributed by atoms with E-state index in [0.717, 1.165) is 10.7 Å². The number of thioether (sulfide) groups is 1. The lowest BCUT2D eigenvalue weighted by molar-refractivity contribution is 0.196. The summed E-state index contributed by atoms with van der Waals surface area (Å²) in [6.45, 7) is 5.54. The average molecular weight is 222 g/mol. The van der Waals surface area contributed by atoms with Crippen molar-refractivity contribution in [3.8, 4) is 6.07 Å². The molecule has 1 aromatic rings. The van der Waals surface area contributed by atoms with Crippen molar-refractivity contribution in [3.05, 3.63) is 23.4 Å². The first-order valence-electron chi connectivity index (χ1n) is 4.76. The summed E-state index contributed by atoms with van der Waals surface area (Å²) >= 11 is 1.48. The van der Waals surface area contributed by atoms with Gasteiger partial charge in [-0.1, -0.05) is 6.92 Å². The van der Waals surface area contributed by atoms with E-state index in [1.54, 1.807) is 19.1 Å². The van der Waals surface area contributed by atoms with Crippen LogP contribution in [0.1, 0.15) is 25.1 Å². The van der Waals surface area contributed by atoms with E-state index < -0.39 is 0 Å². The molecule has 2 unspecified atom stereocenters. The Balaban J connectivity index is 2.87. The molecule has 0 radical (unpaired) electrons. The fraction of sp³-hybridized carbons (Fsp3) is 0.455. The Morgan fingerprint density at radius 2 is 2.13 bits per heavy atom. The number of rotatable bonds is 3. The van der Waals surface area contributed by atoms with Crippen molar-refractivity contribution in [2.75, 3.05) is 0 Å². The lowest BCUT2D eigenvalue weighted by atomic mass is 10.2. The van der Waals surface area contributed by atoms with Gasteiger partial charge in [0, 0.05) is 10.9 Å². The maximum atomic E-state index is 9.36. The smallest absolute Gasteiger partial charge is 0.0993 e. The number of nitriles is 1. The molecule has 0 spiro atoms. The second-order valence-electron chi connectivity index (χ2n) is 3.51. The zero-order chi connectivity index (χ0) is 11.4. The molecule has 0 bridgehead atoms. The highest BCUT2D eigenvalue weighted by Gasteiger charge is 2.11. The summed E-state index contributed by atoms with van der Waals surface area (Å²) in [5, 5.41) is 19.0. The second-order valence-corrected chi connectivity index (χ2v) is 4.91. The normalized spacial score (nSPS) is 14.3. The molecule has 0 aromatic carbocycles. The van der Waals surface area contributed by atoms with Gasteiger partial charge < -0.3 is 5.11 Å². The molecule has 2 atom stereocenters. The quantitative estimate of drug-likeness (QED) is 0.796. The second kappa shape index (κ2) is 5.15. The molecule has 1 heterocycles. The molecule has 3 nitrogen and oxygen atoms in total. The van der Waals surface area contributed by atoms with Crippen LogP contribution in [0.15, 0.2) is 17.2 Å². The molecular formula is C11H14N2OS. The maximum absolute atomic E-state index is 9.36. The number of hydrogen-bond acceptors (Lipinski definition) is 4. The third-order valence-electron chi connectivity index (χ3n) is 2.04. The number of pyridine rings is 1. The Morgan fingerprint density at radius 1 is 1.47 bits per heavy atom. The Bertz CT molecular complexity index is 385. The van der Waals surface area contributed by atoms with E-state index in [-0.39, 0.29) is 11.4 Å². The van der Waals surface area contributed by atoms with Crippen molar-refractivity contribution >= 4 is 11.8 Å². The molecule has 80 valence electrons. The number of hydrogen-bond donors (Lipinski definition) is 1. The molecule has 0 saturated heterocycles. The molecule has 1 aromatic heterocycles. The third-order valence-corrected chi connectivity index (χ3v) is 3.26. The van der Waals surface area contributed by atoms with Gasteiger partial charge in [-0.05, 0) is 26.0 Å². The van der Waals surface area contributed by atoms with Gasteiger partial charge in [-0.25, -0.2) is 4.98 Å². The number of aromatic nitrogens is 1. The Labute approximate surface area is 94.2 Å². The van der Waals surface area contributed by atoms with Crippen LogP contribution in [-0.2, 0) is 0 Å². The van der Waals surface area contributed by atoms with Gasteiger partial charge in [0.15, 0.2) is 0 Å². The van der Waals surface area contributed by atoms with Crippen LogP contribution >= 0.6 is 11.8 Å². The van der Waals surface area contributed by atoms with Crippen LogP contribution in [0.2, 0.25) is 0 Å². The summed E-state index contributed by atoms with van der Waals surface area (Å²) in [7, 11) is 0. The summed E-state index contributed by atoms with van der Waals surface area (Å²) in [6.07, 6.45) is -0.386. The number of aliphatic hydroxyl groups is 1. The van der Waals surface area contributed by atoms with Gasteiger partial charge in [-0.2, -0.15) is 5.26 Å². The van der Waals surface area contributed by atoms with E-state index in [1.807, 2.05) is 13.8 Å². The average Bonchev–Trinajstić information content (AvgIpc) is 2.16. The standard InChI is InChI=1S/C11H14N2OS/c1-7-4-10(6-12)5-11(13-7)15-9(3)8(2)14/h4-5,8-9,14H,1-3H3. The third kappa shape index (κ3) is 3.54. The lowest BCUT2D eigenvalue weighted by Crippen LogP contribution is -2.15. The highest BCUT2D eigenvalue weighted by molar-refractivity contribution is 7.99. The predicted octanol–water partition coefficient (Wildman–Crippen LogP) is 2.12. The molecular weight excluding hydrogens is 208 g/mol. The maximum Gasteiger partial charge on any atom is 0.0993 e. The molecule has 0 aliphatic heterocycles. The Morgan fingerprint density at radius 3 is 2.67 bits per heavy atom. The van der Waals surface area contributed by atoms with Gasteiger partial charge in [-0.3, -0.25) is 0 Å². The largest absolute Gasteiger partial charge is 0.392 e. The molecule has 0 amide bonds. The minimum absolute atomic E-state index is 0.0749. The van der Waals surface area contributed by atoms with E-state index in [0.29, 0.717) is 5.56 Å². The first kappa shape index (κ1) is 12.0. The molecule has 1 N–H and O–H groups in total. The molecule has 0 saturated carbocycles. The van der Waals surface area contributed by atoms with Crippen LogP contribution in [0.5, 0.6) is 0 Å². The SMILES string of the molecule is Cc1cc(C#N)cc(SC(C)C(C)O)n1. The van der Waals surface area contributed by atoms with Crippen molar-refractivity contribution in [2.24, 2.45) is 0 Å². The van der Waals surface area contributed by atoms with Gasteiger partial charge in [0.05, 0.1) is 22.8 Å². The summed E-state index contributed by atoms with van der Waals surface area (Å²) in [5.41, 5.74) is 1.44. The fourth-order valence-electron chi connectivity index (χ4n) is 1.05. The van der Waals surface area contributed by atoms with Crippen LogP contribution in [0.25, 0.3) is 0 Å². The first-order valence-corrected chi connectivity index (χ1v) is 5.64. The van der Waals surface area contributed by atoms with Crippen molar-refractivity contribution in [1.82, 2.24) is 4.98 Å². The van der Waals surface area contributed by atoms with Gasteiger partial charge >= 0.3 is 0 Å². The van der Waals surface area contributed by atoms with Crippen LogP contribution in [0.4, 0.5) is 0 Å². The summed E-state index contributed by atoms with van der Waals surface area (Å²) < 4.78 is 0. The van der Waals surface area contributed by atoms with Gasteiger partial charge in [0.25, 0.3) is 0 Å². The molecule has 0 fully saturated rings. The van der Waals surface area contributed by atoms with Crippen molar-refractivity contribution in [2.45, 2.75) is 37.2 Å². The number of aryl methyl sites for hydroxylation is 1. The van der Waals surface area contributed by atoms with Crippen LogP contribution in [0.3, 0.4) is 0 Å². The summed E-state index contributed by atoms with van der Waals surface area (Å²) in [6, 6.07) is 5.59. The van der Waals surface area contributed by atoms with Gasteiger partial charge in [-0.15, -0.1) is 11.8 Å². The minimum atomic E-state index is -0.386. The monoisotopic (exact) mass is 222 g/mol. The van der Waals surface area contributed by atoms with Crippen LogP contribution < -0.4 is 0 Å². The van der Waals surface area contributed by atoms with Crippen LogP contribution in [-0.4, -0.2) is 21.4 Å².